The number of carbonyl (C=O) groups is 2. The van der Waals surface area contributed by atoms with E-state index in [-0.39, 0.29) is 17.1 Å². The van der Waals surface area contributed by atoms with Crippen molar-refractivity contribution in [2.45, 2.75) is 32.7 Å². The molecule has 3 nitrogen and oxygen atoms in total. The highest BCUT2D eigenvalue weighted by molar-refractivity contribution is 8.14. The van der Waals surface area contributed by atoms with Crippen molar-refractivity contribution in [1.82, 2.24) is 5.32 Å². The van der Waals surface area contributed by atoms with Gasteiger partial charge in [-0.1, -0.05) is 25.6 Å². The fourth-order valence-electron chi connectivity index (χ4n) is 1.25. The molecule has 0 radical (unpaired) electrons. The largest absolute Gasteiger partial charge is 0.345 e. The van der Waals surface area contributed by atoms with E-state index >= 15 is 0 Å². The zero-order valence-corrected chi connectivity index (χ0v) is 8.82. The van der Waals surface area contributed by atoms with Crippen molar-refractivity contribution in [2.24, 2.45) is 5.92 Å². The van der Waals surface area contributed by atoms with Crippen LogP contribution >= 0.6 is 11.8 Å². The van der Waals surface area contributed by atoms with E-state index in [1.54, 1.807) is 0 Å². The Kier molecular flexibility index (Phi) is 3.78. The Morgan fingerprint density at radius 3 is 2.85 bits per heavy atom. The van der Waals surface area contributed by atoms with Crippen molar-refractivity contribution >= 4 is 22.8 Å². The molecule has 0 aromatic carbocycles. The first-order valence-electron chi connectivity index (χ1n) is 4.55. The number of thioether (sulfide) groups is 1. The third-order valence-electron chi connectivity index (χ3n) is 1.86. The lowest BCUT2D eigenvalue weighted by molar-refractivity contribution is -0.125. The van der Waals surface area contributed by atoms with Crippen LogP contribution in [0.2, 0.25) is 0 Å². The monoisotopic (exact) mass is 201 g/mol. The highest BCUT2D eigenvalue weighted by atomic mass is 32.2. The van der Waals surface area contributed by atoms with Gasteiger partial charge in [-0.15, -0.1) is 0 Å². The van der Waals surface area contributed by atoms with E-state index in [9.17, 15) is 9.59 Å². The molecule has 1 fully saturated rings. The van der Waals surface area contributed by atoms with Crippen molar-refractivity contribution in [3.05, 3.63) is 0 Å². The summed E-state index contributed by atoms with van der Waals surface area (Å²) in [5.74, 6) is 1.19. The van der Waals surface area contributed by atoms with Crippen molar-refractivity contribution < 1.29 is 9.59 Å². The fourth-order valence-corrected chi connectivity index (χ4v) is 2.18. The molecule has 4 heteroatoms. The van der Waals surface area contributed by atoms with Crippen molar-refractivity contribution in [3.8, 4) is 0 Å². The number of carbonyl (C=O) groups excluding carboxylic acids is 2. The predicted molar refractivity (Wildman–Crippen MR) is 53.5 cm³/mol. The fraction of sp³-hybridized carbons (Fsp3) is 0.778. The minimum absolute atomic E-state index is 0.00384. The third kappa shape index (κ3) is 3.38. The molecular weight excluding hydrogens is 186 g/mol. The van der Waals surface area contributed by atoms with E-state index in [2.05, 4.69) is 5.32 Å². The van der Waals surface area contributed by atoms with Gasteiger partial charge in [-0.25, -0.2) is 0 Å². The van der Waals surface area contributed by atoms with E-state index in [4.69, 9.17) is 0 Å². The molecule has 1 atom stereocenters. The van der Waals surface area contributed by atoms with E-state index in [1.165, 1.54) is 11.8 Å². The number of rotatable bonds is 3. The summed E-state index contributed by atoms with van der Waals surface area (Å²) in [5.41, 5.74) is 0. The van der Waals surface area contributed by atoms with Crippen LogP contribution in [0.5, 0.6) is 0 Å². The van der Waals surface area contributed by atoms with Crippen molar-refractivity contribution in [2.75, 3.05) is 5.75 Å². The van der Waals surface area contributed by atoms with Gasteiger partial charge >= 0.3 is 0 Å². The van der Waals surface area contributed by atoms with E-state index in [1.807, 2.05) is 13.8 Å². The molecule has 0 aromatic heterocycles. The summed E-state index contributed by atoms with van der Waals surface area (Å²) in [7, 11) is 0. The average molecular weight is 201 g/mol. The molecule has 1 aliphatic heterocycles. The molecule has 1 heterocycles. The maximum absolute atomic E-state index is 11.3. The molecule has 0 aromatic rings. The topological polar surface area (TPSA) is 46.2 Å². The molecule has 1 unspecified atom stereocenters. The van der Waals surface area contributed by atoms with Crippen molar-refractivity contribution in [3.63, 3.8) is 0 Å². The van der Waals surface area contributed by atoms with Crippen LogP contribution in [0.25, 0.3) is 0 Å². The first kappa shape index (κ1) is 10.6. The lowest BCUT2D eigenvalue weighted by Gasteiger charge is -2.10. The Morgan fingerprint density at radius 2 is 2.38 bits per heavy atom. The van der Waals surface area contributed by atoms with Gasteiger partial charge in [0.25, 0.3) is 0 Å². The molecule has 1 N–H and O–H groups in total. The van der Waals surface area contributed by atoms with Crippen LogP contribution in [0, 0.1) is 5.92 Å². The third-order valence-corrected chi connectivity index (χ3v) is 2.87. The summed E-state index contributed by atoms with van der Waals surface area (Å²) in [6.45, 7) is 3.98. The molecule has 0 aliphatic carbocycles. The molecule has 1 rings (SSSR count). The summed E-state index contributed by atoms with van der Waals surface area (Å²) in [4.78, 5) is 22.4. The highest BCUT2D eigenvalue weighted by Crippen LogP contribution is 2.19. The standard InChI is InChI=1S/C9H15NO2S/c1-6(2)5-8(11)10-7-3-4-13-9(7)12/h6-7H,3-5H2,1-2H3,(H,10,11). The second kappa shape index (κ2) is 4.65. The van der Waals surface area contributed by atoms with Gasteiger partial charge in [-0.05, 0) is 12.3 Å². The smallest absolute Gasteiger partial charge is 0.220 e. The molecule has 0 saturated carbocycles. The van der Waals surface area contributed by atoms with E-state index < -0.39 is 0 Å². The molecule has 0 bridgehead atoms. The Morgan fingerprint density at radius 1 is 1.69 bits per heavy atom. The summed E-state index contributed by atoms with van der Waals surface area (Å²) in [6.07, 6.45) is 1.29. The normalized spacial score (nSPS) is 22.4. The summed E-state index contributed by atoms with van der Waals surface area (Å²) in [5, 5.41) is 2.86. The lowest BCUT2D eigenvalue weighted by atomic mass is 10.1. The Bertz CT molecular complexity index is 216. The summed E-state index contributed by atoms with van der Waals surface area (Å²) < 4.78 is 0. The van der Waals surface area contributed by atoms with Gasteiger partial charge < -0.3 is 5.32 Å². The molecule has 13 heavy (non-hydrogen) atoms. The van der Waals surface area contributed by atoms with E-state index in [0.29, 0.717) is 12.3 Å². The SMILES string of the molecule is CC(C)CC(=O)NC1CCSC1=O. The van der Waals surface area contributed by atoms with Crippen LogP contribution in [0.3, 0.4) is 0 Å². The second-order valence-corrected chi connectivity index (χ2v) is 4.77. The van der Waals surface area contributed by atoms with Gasteiger partial charge in [0.2, 0.25) is 11.0 Å². The molecule has 1 aliphatic rings. The summed E-state index contributed by atoms with van der Waals surface area (Å²) in [6, 6.07) is -0.226. The molecular formula is C9H15NO2S. The van der Waals surface area contributed by atoms with Crippen LogP contribution in [-0.2, 0) is 9.59 Å². The van der Waals surface area contributed by atoms with E-state index in [0.717, 1.165) is 12.2 Å². The number of hydrogen-bond acceptors (Lipinski definition) is 3. The quantitative estimate of drug-likeness (QED) is 0.746. The molecule has 1 amide bonds. The minimum Gasteiger partial charge on any atom is -0.345 e. The van der Waals surface area contributed by atoms with Gasteiger partial charge in [0.05, 0.1) is 6.04 Å². The van der Waals surface area contributed by atoms with Gasteiger partial charge in [0.15, 0.2) is 0 Å². The lowest BCUT2D eigenvalue weighted by Crippen LogP contribution is -2.37. The van der Waals surface area contributed by atoms with Crippen molar-refractivity contribution in [1.29, 1.82) is 0 Å². The maximum Gasteiger partial charge on any atom is 0.220 e. The zero-order chi connectivity index (χ0) is 9.84. The van der Waals surface area contributed by atoms with Crippen LogP contribution < -0.4 is 5.32 Å². The zero-order valence-electron chi connectivity index (χ0n) is 8.00. The number of nitrogens with one attached hydrogen (secondary N) is 1. The second-order valence-electron chi connectivity index (χ2n) is 3.67. The van der Waals surface area contributed by atoms with Crippen LogP contribution in [0.4, 0.5) is 0 Å². The van der Waals surface area contributed by atoms with Crippen LogP contribution in [-0.4, -0.2) is 22.8 Å². The Hall–Kier alpha value is -0.510. The molecule has 74 valence electrons. The van der Waals surface area contributed by atoms with Gasteiger partial charge in [-0.3, -0.25) is 9.59 Å². The first-order valence-corrected chi connectivity index (χ1v) is 5.54. The van der Waals surface area contributed by atoms with Crippen LogP contribution in [0.15, 0.2) is 0 Å². The number of hydrogen-bond donors (Lipinski definition) is 1. The maximum atomic E-state index is 11.3. The molecule has 1 saturated heterocycles. The van der Waals surface area contributed by atoms with Gasteiger partial charge in [-0.2, -0.15) is 0 Å². The average Bonchev–Trinajstić information content (AvgIpc) is 2.34. The highest BCUT2D eigenvalue weighted by Gasteiger charge is 2.26. The molecule has 0 spiro atoms. The van der Waals surface area contributed by atoms with Crippen LogP contribution in [0.1, 0.15) is 26.7 Å². The van der Waals surface area contributed by atoms with Gasteiger partial charge in [0.1, 0.15) is 0 Å². The Labute approximate surface area is 82.6 Å². The number of amides is 1. The summed E-state index contributed by atoms with van der Waals surface area (Å²) >= 11 is 1.31. The predicted octanol–water partition coefficient (Wildman–Crippen LogP) is 1.18. The Balaban J connectivity index is 2.31. The first-order chi connectivity index (χ1) is 6.09. The van der Waals surface area contributed by atoms with Gasteiger partial charge in [0, 0.05) is 12.2 Å². The minimum atomic E-state index is -0.226.